The number of nitrogen functional groups attached to an aromatic ring is 1. The van der Waals surface area contributed by atoms with Crippen molar-refractivity contribution in [3.63, 3.8) is 0 Å². The zero-order valence-corrected chi connectivity index (χ0v) is 7.82. The van der Waals surface area contributed by atoms with Crippen molar-refractivity contribution in [3.05, 3.63) is 22.5 Å². The van der Waals surface area contributed by atoms with E-state index in [4.69, 9.17) is 5.73 Å². The van der Waals surface area contributed by atoms with Gasteiger partial charge >= 0.3 is 0 Å². The molecule has 0 bridgehead atoms. The van der Waals surface area contributed by atoms with Crippen molar-refractivity contribution in [2.24, 2.45) is 0 Å². The number of fused-ring (bicyclic) bond motifs is 2. The standard InChI is InChI=1S/C11H14N2/c12-11-7-3-1-5-9(7)13-10-6-2-4-8(10)11/h1-6H2,(H2,12,13)/p+1. The number of hydrogen-bond donors (Lipinski definition) is 1. The van der Waals surface area contributed by atoms with E-state index in [-0.39, 0.29) is 0 Å². The number of hydrogen-bond acceptors (Lipinski definition) is 1. The van der Waals surface area contributed by atoms with Gasteiger partial charge < -0.3 is 5.73 Å². The number of rotatable bonds is 0. The van der Waals surface area contributed by atoms with E-state index in [0.717, 1.165) is 5.69 Å². The third kappa shape index (κ3) is 0.916. The minimum atomic E-state index is 1.11. The van der Waals surface area contributed by atoms with Crippen LogP contribution in [0.15, 0.2) is 0 Å². The number of aromatic nitrogens is 1. The molecule has 1 aromatic rings. The Bertz CT molecular complexity index is 337. The second-order valence-electron chi connectivity index (χ2n) is 4.16. The van der Waals surface area contributed by atoms with Crippen LogP contribution in [0.1, 0.15) is 35.4 Å². The highest BCUT2D eigenvalue weighted by atomic mass is 14.8. The Kier molecular flexibility index (Phi) is 1.40. The number of aryl methyl sites for hydroxylation is 2. The van der Waals surface area contributed by atoms with Gasteiger partial charge in [0.15, 0.2) is 11.4 Å². The van der Waals surface area contributed by atoms with E-state index in [9.17, 15) is 0 Å². The molecule has 0 fully saturated rings. The van der Waals surface area contributed by atoms with Gasteiger partial charge in [-0.05, 0) is 25.7 Å². The summed E-state index contributed by atoms with van der Waals surface area (Å²) >= 11 is 0. The predicted octanol–water partition coefficient (Wildman–Crippen LogP) is 1.06. The van der Waals surface area contributed by atoms with E-state index in [1.807, 2.05) is 0 Å². The van der Waals surface area contributed by atoms with Gasteiger partial charge in [0.1, 0.15) is 0 Å². The molecule has 0 radical (unpaired) electrons. The molecule has 3 N–H and O–H groups in total. The van der Waals surface area contributed by atoms with Gasteiger partial charge in [0.05, 0.1) is 5.69 Å². The highest BCUT2D eigenvalue weighted by molar-refractivity contribution is 5.57. The van der Waals surface area contributed by atoms with E-state index in [1.165, 1.54) is 61.0 Å². The molecule has 2 aliphatic rings. The predicted molar refractivity (Wildman–Crippen MR) is 51.5 cm³/mol. The molecule has 0 unspecified atom stereocenters. The number of pyridine rings is 1. The summed E-state index contributed by atoms with van der Waals surface area (Å²) in [7, 11) is 0. The van der Waals surface area contributed by atoms with Crippen molar-refractivity contribution in [1.82, 2.24) is 0 Å². The third-order valence-electron chi connectivity index (χ3n) is 3.39. The first-order valence-electron chi connectivity index (χ1n) is 5.20. The molecule has 0 amide bonds. The van der Waals surface area contributed by atoms with Crippen LogP contribution in [-0.4, -0.2) is 0 Å². The molecule has 2 aliphatic carbocycles. The lowest BCUT2D eigenvalue weighted by Crippen LogP contribution is -2.19. The number of nitrogens with one attached hydrogen (secondary N) is 1. The van der Waals surface area contributed by atoms with Crippen LogP contribution in [0.5, 0.6) is 0 Å². The summed E-state index contributed by atoms with van der Waals surface area (Å²) in [5, 5.41) is 0. The number of anilines is 1. The van der Waals surface area contributed by atoms with Crippen molar-refractivity contribution in [2.75, 3.05) is 5.73 Å². The highest BCUT2D eigenvalue weighted by Crippen LogP contribution is 2.31. The second-order valence-corrected chi connectivity index (χ2v) is 4.16. The van der Waals surface area contributed by atoms with Crippen LogP contribution in [-0.2, 0) is 25.7 Å². The Balaban J connectivity index is 2.26. The van der Waals surface area contributed by atoms with Crippen LogP contribution < -0.4 is 10.7 Å². The topological polar surface area (TPSA) is 40.2 Å². The fourth-order valence-electron chi connectivity index (χ4n) is 2.72. The van der Waals surface area contributed by atoms with Crippen LogP contribution in [0.2, 0.25) is 0 Å². The van der Waals surface area contributed by atoms with Crippen LogP contribution >= 0.6 is 0 Å². The first kappa shape index (κ1) is 7.36. The maximum atomic E-state index is 6.17. The summed E-state index contributed by atoms with van der Waals surface area (Å²) in [6.07, 6.45) is 7.33. The molecule has 0 atom stereocenters. The average Bonchev–Trinajstić information content (AvgIpc) is 2.71. The molecule has 1 heterocycles. The molecule has 0 saturated heterocycles. The first-order valence-corrected chi connectivity index (χ1v) is 5.20. The second kappa shape index (κ2) is 2.47. The summed E-state index contributed by atoms with van der Waals surface area (Å²) in [6.45, 7) is 0. The van der Waals surface area contributed by atoms with Gasteiger partial charge in [-0.1, -0.05) is 0 Å². The van der Waals surface area contributed by atoms with Crippen molar-refractivity contribution < 1.29 is 4.98 Å². The maximum absolute atomic E-state index is 6.17. The van der Waals surface area contributed by atoms with Crippen LogP contribution in [0.4, 0.5) is 5.69 Å². The van der Waals surface area contributed by atoms with Gasteiger partial charge in [-0.2, -0.15) is 0 Å². The molecular formula is C11H15N2+. The molecule has 0 saturated carbocycles. The van der Waals surface area contributed by atoms with Crippen molar-refractivity contribution in [2.45, 2.75) is 38.5 Å². The minimum absolute atomic E-state index is 1.11. The van der Waals surface area contributed by atoms with Crippen molar-refractivity contribution in [3.8, 4) is 0 Å². The molecule has 2 heteroatoms. The van der Waals surface area contributed by atoms with Gasteiger partial charge in [0, 0.05) is 24.0 Å². The van der Waals surface area contributed by atoms with Gasteiger partial charge in [-0.25, -0.2) is 4.98 Å². The zero-order valence-electron chi connectivity index (χ0n) is 7.82. The summed E-state index contributed by atoms with van der Waals surface area (Å²) in [5.74, 6) is 0. The van der Waals surface area contributed by atoms with Crippen molar-refractivity contribution >= 4 is 5.69 Å². The molecule has 68 valence electrons. The highest BCUT2D eigenvalue weighted by Gasteiger charge is 2.28. The van der Waals surface area contributed by atoms with Crippen molar-refractivity contribution in [1.29, 1.82) is 0 Å². The lowest BCUT2D eigenvalue weighted by Gasteiger charge is -2.03. The van der Waals surface area contributed by atoms with E-state index in [0.29, 0.717) is 0 Å². The van der Waals surface area contributed by atoms with Gasteiger partial charge in [-0.3, -0.25) is 0 Å². The number of aromatic amines is 1. The maximum Gasteiger partial charge on any atom is 0.185 e. The lowest BCUT2D eigenvalue weighted by molar-refractivity contribution is -0.400. The van der Waals surface area contributed by atoms with E-state index < -0.39 is 0 Å². The van der Waals surface area contributed by atoms with E-state index in [1.54, 1.807) is 0 Å². The molecular weight excluding hydrogens is 160 g/mol. The zero-order chi connectivity index (χ0) is 8.84. The molecule has 0 spiro atoms. The van der Waals surface area contributed by atoms with E-state index in [2.05, 4.69) is 4.98 Å². The Labute approximate surface area is 78.2 Å². The summed E-state index contributed by atoms with van der Waals surface area (Å²) in [5.41, 5.74) is 12.9. The fourth-order valence-corrected chi connectivity index (χ4v) is 2.72. The molecule has 0 aromatic carbocycles. The van der Waals surface area contributed by atoms with Crippen LogP contribution in [0.3, 0.4) is 0 Å². The van der Waals surface area contributed by atoms with Crippen LogP contribution in [0, 0.1) is 0 Å². The molecule has 3 rings (SSSR count). The minimum Gasteiger partial charge on any atom is -0.398 e. The third-order valence-corrected chi connectivity index (χ3v) is 3.39. The molecule has 0 aliphatic heterocycles. The van der Waals surface area contributed by atoms with Crippen LogP contribution in [0.25, 0.3) is 0 Å². The summed E-state index contributed by atoms with van der Waals surface area (Å²) in [4.78, 5) is 3.57. The average molecular weight is 175 g/mol. The first-order chi connectivity index (χ1) is 6.36. The Morgan fingerprint density at radius 3 is 1.92 bits per heavy atom. The fraction of sp³-hybridized carbons (Fsp3) is 0.545. The normalized spacial score (nSPS) is 18.8. The molecule has 2 nitrogen and oxygen atoms in total. The lowest BCUT2D eigenvalue weighted by atomic mass is 10.1. The van der Waals surface area contributed by atoms with Gasteiger partial charge in [-0.15, -0.1) is 0 Å². The smallest absolute Gasteiger partial charge is 0.185 e. The Morgan fingerprint density at radius 2 is 1.38 bits per heavy atom. The summed E-state index contributed by atoms with van der Waals surface area (Å²) < 4.78 is 0. The SMILES string of the molecule is Nc1c2c([nH+]c3c1CCC3)CCC2. The number of H-pyrrole nitrogens is 1. The quantitative estimate of drug-likeness (QED) is 0.629. The van der Waals surface area contributed by atoms with Gasteiger partial charge in [0.2, 0.25) is 0 Å². The van der Waals surface area contributed by atoms with E-state index >= 15 is 0 Å². The Hall–Kier alpha value is -1.05. The number of nitrogens with two attached hydrogens (primary N) is 1. The molecule has 13 heavy (non-hydrogen) atoms. The van der Waals surface area contributed by atoms with Gasteiger partial charge in [0.25, 0.3) is 0 Å². The monoisotopic (exact) mass is 175 g/mol. The summed E-state index contributed by atoms with van der Waals surface area (Å²) in [6, 6.07) is 0. The largest absolute Gasteiger partial charge is 0.398 e. The Morgan fingerprint density at radius 1 is 0.846 bits per heavy atom. The molecule has 1 aromatic heterocycles.